The zero-order valence-corrected chi connectivity index (χ0v) is 10.6. The third-order valence-corrected chi connectivity index (χ3v) is 2.79. The van der Waals surface area contributed by atoms with Crippen molar-refractivity contribution in [3.05, 3.63) is 0 Å². The van der Waals surface area contributed by atoms with Gasteiger partial charge in [0.2, 0.25) is 0 Å². The first-order valence-corrected chi connectivity index (χ1v) is 5.95. The van der Waals surface area contributed by atoms with Crippen LogP contribution in [0.4, 0.5) is 0 Å². The first-order valence-electron chi connectivity index (χ1n) is 5.95. The lowest BCUT2D eigenvalue weighted by Crippen LogP contribution is -2.37. The van der Waals surface area contributed by atoms with E-state index >= 15 is 0 Å². The van der Waals surface area contributed by atoms with Crippen molar-refractivity contribution in [1.82, 2.24) is 5.32 Å². The van der Waals surface area contributed by atoms with E-state index in [4.69, 9.17) is 9.84 Å². The fraction of sp³-hybridized carbons (Fsp3) is 1.00. The minimum atomic E-state index is 0.285. The molecular formula is C12H27NO2. The van der Waals surface area contributed by atoms with Crippen molar-refractivity contribution in [3.63, 3.8) is 0 Å². The maximum absolute atomic E-state index is 8.80. The Hall–Kier alpha value is -0.120. The molecule has 0 amide bonds. The van der Waals surface area contributed by atoms with Crippen LogP contribution in [0.25, 0.3) is 0 Å². The number of aliphatic hydroxyl groups excluding tert-OH is 1. The van der Waals surface area contributed by atoms with E-state index in [9.17, 15) is 0 Å². The molecule has 0 aliphatic carbocycles. The van der Waals surface area contributed by atoms with Gasteiger partial charge in [0.15, 0.2) is 0 Å². The second kappa shape index (κ2) is 9.13. The van der Waals surface area contributed by atoms with Gasteiger partial charge < -0.3 is 15.2 Å². The molecule has 0 aliphatic rings. The third kappa shape index (κ3) is 7.77. The van der Waals surface area contributed by atoms with Crippen LogP contribution in [-0.4, -0.2) is 38.0 Å². The molecule has 2 N–H and O–H groups in total. The Balaban J connectivity index is 3.74. The van der Waals surface area contributed by atoms with Gasteiger partial charge in [0.25, 0.3) is 0 Å². The lowest BCUT2D eigenvalue weighted by atomic mass is 10.00. The molecule has 0 aliphatic heterocycles. The average molecular weight is 217 g/mol. The van der Waals surface area contributed by atoms with E-state index in [-0.39, 0.29) is 6.61 Å². The van der Waals surface area contributed by atoms with Gasteiger partial charge in [-0.05, 0) is 31.2 Å². The molecule has 0 aromatic heterocycles. The monoisotopic (exact) mass is 217 g/mol. The normalized spacial score (nSPS) is 15.6. The van der Waals surface area contributed by atoms with Crippen LogP contribution in [0.15, 0.2) is 0 Å². The average Bonchev–Trinajstić information content (AvgIpc) is 2.17. The molecule has 0 radical (unpaired) electrons. The van der Waals surface area contributed by atoms with Crippen molar-refractivity contribution in [2.75, 3.05) is 26.9 Å². The molecule has 0 aromatic carbocycles. The predicted octanol–water partition coefficient (Wildman–Crippen LogP) is 1.66. The highest BCUT2D eigenvalue weighted by atomic mass is 16.5. The second-order valence-electron chi connectivity index (χ2n) is 4.66. The first-order chi connectivity index (χ1) is 7.11. The topological polar surface area (TPSA) is 41.5 Å². The molecule has 0 aromatic rings. The van der Waals surface area contributed by atoms with Crippen molar-refractivity contribution in [3.8, 4) is 0 Å². The number of nitrogens with one attached hydrogen (secondary N) is 1. The minimum Gasteiger partial charge on any atom is -0.396 e. The predicted molar refractivity (Wildman–Crippen MR) is 64.0 cm³/mol. The zero-order chi connectivity index (χ0) is 11.7. The summed E-state index contributed by atoms with van der Waals surface area (Å²) in [5, 5.41) is 12.4. The number of hydrogen-bond donors (Lipinski definition) is 2. The minimum absolute atomic E-state index is 0.285. The summed E-state index contributed by atoms with van der Waals surface area (Å²) in [5.41, 5.74) is 0. The second-order valence-corrected chi connectivity index (χ2v) is 4.66. The maximum Gasteiger partial charge on any atom is 0.0477 e. The van der Waals surface area contributed by atoms with Gasteiger partial charge >= 0.3 is 0 Å². The molecule has 0 spiro atoms. The largest absolute Gasteiger partial charge is 0.396 e. The molecule has 0 heterocycles. The molecular weight excluding hydrogens is 190 g/mol. The van der Waals surface area contributed by atoms with Crippen molar-refractivity contribution in [2.45, 2.75) is 39.7 Å². The first kappa shape index (κ1) is 14.9. The fourth-order valence-electron chi connectivity index (χ4n) is 1.59. The van der Waals surface area contributed by atoms with Crippen LogP contribution in [-0.2, 0) is 4.74 Å². The van der Waals surface area contributed by atoms with Gasteiger partial charge in [-0.3, -0.25) is 0 Å². The summed E-state index contributed by atoms with van der Waals surface area (Å²) in [5.74, 6) is 1.17. The highest BCUT2D eigenvalue weighted by Gasteiger charge is 2.13. The summed E-state index contributed by atoms with van der Waals surface area (Å²) in [4.78, 5) is 0. The number of rotatable bonds is 9. The van der Waals surface area contributed by atoms with Crippen LogP contribution in [0, 0.1) is 11.8 Å². The Kier molecular flexibility index (Phi) is 9.06. The summed E-state index contributed by atoms with van der Waals surface area (Å²) < 4.78 is 5.10. The van der Waals surface area contributed by atoms with E-state index in [1.54, 1.807) is 7.11 Å². The van der Waals surface area contributed by atoms with E-state index < -0.39 is 0 Å². The number of hydrogen-bond acceptors (Lipinski definition) is 3. The molecule has 0 rings (SSSR count). The summed E-state index contributed by atoms with van der Waals surface area (Å²) in [6, 6.07) is 0.520. The fourth-order valence-corrected chi connectivity index (χ4v) is 1.59. The van der Waals surface area contributed by atoms with E-state index in [0.29, 0.717) is 17.9 Å². The van der Waals surface area contributed by atoms with Gasteiger partial charge in [-0.2, -0.15) is 0 Å². The van der Waals surface area contributed by atoms with Gasteiger partial charge in [0.05, 0.1) is 0 Å². The lowest BCUT2D eigenvalue weighted by Gasteiger charge is -2.24. The van der Waals surface area contributed by atoms with Crippen LogP contribution in [0.1, 0.15) is 33.6 Å². The SMILES string of the molecule is COCCC(NCC(C)CCO)C(C)C. The smallest absolute Gasteiger partial charge is 0.0477 e. The Morgan fingerprint density at radius 2 is 1.87 bits per heavy atom. The highest BCUT2D eigenvalue weighted by molar-refractivity contribution is 4.71. The zero-order valence-electron chi connectivity index (χ0n) is 10.6. The number of ether oxygens (including phenoxy) is 1. The molecule has 0 bridgehead atoms. The van der Waals surface area contributed by atoms with Crippen LogP contribution < -0.4 is 5.32 Å². The van der Waals surface area contributed by atoms with Crippen LogP contribution in [0.2, 0.25) is 0 Å². The van der Waals surface area contributed by atoms with Gasteiger partial charge in [0, 0.05) is 26.4 Å². The Labute approximate surface area is 94.2 Å². The maximum atomic E-state index is 8.80. The van der Waals surface area contributed by atoms with Crippen LogP contribution in [0.3, 0.4) is 0 Å². The summed E-state index contributed by atoms with van der Waals surface area (Å²) in [6.07, 6.45) is 1.93. The molecule has 0 saturated carbocycles. The summed E-state index contributed by atoms with van der Waals surface area (Å²) >= 11 is 0. The Morgan fingerprint density at radius 3 is 2.33 bits per heavy atom. The summed E-state index contributed by atoms with van der Waals surface area (Å²) in [6.45, 7) is 8.69. The standard InChI is InChI=1S/C12H27NO2/c1-10(2)12(6-8-15-4)13-9-11(3)5-7-14/h10-14H,5-9H2,1-4H3. The summed E-state index contributed by atoms with van der Waals surface area (Å²) in [7, 11) is 1.74. The van der Waals surface area contributed by atoms with Crippen molar-refractivity contribution < 1.29 is 9.84 Å². The molecule has 15 heavy (non-hydrogen) atoms. The molecule has 3 heteroatoms. The molecule has 2 unspecified atom stereocenters. The molecule has 92 valence electrons. The lowest BCUT2D eigenvalue weighted by molar-refractivity contribution is 0.171. The van der Waals surface area contributed by atoms with Gasteiger partial charge in [-0.25, -0.2) is 0 Å². The van der Waals surface area contributed by atoms with E-state index in [1.165, 1.54) is 0 Å². The molecule has 2 atom stereocenters. The van der Waals surface area contributed by atoms with E-state index in [0.717, 1.165) is 26.0 Å². The number of aliphatic hydroxyl groups is 1. The molecule has 0 saturated heterocycles. The number of methoxy groups -OCH3 is 1. The van der Waals surface area contributed by atoms with Crippen molar-refractivity contribution in [2.24, 2.45) is 11.8 Å². The third-order valence-electron chi connectivity index (χ3n) is 2.79. The molecule has 3 nitrogen and oxygen atoms in total. The van der Waals surface area contributed by atoms with Gasteiger partial charge in [-0.15, -0.1) is 0 Å². The quantitative estimate of drug-likeness (QED) is 0.617. The highest BCUT2D eigenvalue weighted by Crippen LogP contribution is 2.08. The van der Waals surface area contributed by atoms with Crippen LogP contribution in [0.5, 0.6) is 0 Å². The van der Waals surface area contributed by atoms with E-state index in [2.05, 4.69) is 26.1 Å². The molecule has 0 fully saturated rings. The van der Waals surface area contributed by atoms with Gasteiger partial charge in [-0.1, -0.05) is 20.8 Å². The Morgan fingerprint density at radius 1 is 1.20 bits per heavy atom. The Bertz CT molecular complexity index is 140. The van der Waals surface area contributed by atoms with Crippen molar-refractivity contribution >= 4 is 0 Å². The van der Waals surface area contributed by atoms with Gasteiger partial charge in [0.1, 0.15) is 0 Å². The van der Waals surface area contributed by atoms with Crippen LogP contribution >= 0.6 is 0 Å². The van der Waals surface area contributed by atoms with E-state index in [1.807, 2.05) is 0 Å². The van der Waals surface area contributed by atoms with Crippen molar-refractivity contribution in [1.29, 1.82) is 0 Å².